The Labute approximate surface area is 188 Å². The molecule has 0 atom stereocenters. The fourth-order valence-electron chi connectivity index (χ4n) is 3.99. The van der Waals surface area contributed by atoms with Gasteiger partial charge in [0.2, 0.25) is 5.91 Å². The molecule has 3 aromatic rings. The number of thiazole rings is 1. The van der Waals surface area contributed by atoms with Gasteiger partial charge in [-0.2, -0.15) is 0 Å². The first-order valence-corrected chi connectivity index (χ1v) is 12.1. The third kappa shape index (κ3) is 4.36. The number of Topliss-reactive ketones (excluding diaryl/α,β-unsaturated/α-hetero) is 1. The van der Waals surface area contributed by atoms with Gasteiger partial charge >= 0.3 is 0 Å². The summed E-state index contributed by atoms with van der Waals surface area (Å²) >= 11 is 3.22. The molecule has 160 valence electrons. The van der Waals surface area contributed by atoms with Crippen LogP contribution in [0.15, 0.2) is 41.1 Å². The minimum Gasteiger partial charge on any atom is -0.486 e. The summed E-state index contributed by atoms with van der Waals surface area (Å²) in [6, 6.07) is 9.43. The third-order valence-electron chi connectivity index (χ3n) is 5.66. The van der Waals surface area contributed by atoms with E-state index in [1.807, 2.05) is 27.8 Å². The summed E-state index contributed by atoms with van der Waals surface area (Å²) in [5.74, 6) is 1.44. The standard InChI is InChI=1S/C23H22N2O4S2/c26-21(13-17-14-31-23(24-17)20-2-1-11-30-20)25-7-5-15(6-8-25)22(27)16-3-4-18-19(12-16)29-10-9-28-18/h1-4,11-12,14-15H,5-10,13H2. The first kappa shape index (κ1) is 20.2. The number of carbonyl (C=O) groups is 2. The summed E-state index contributed by atoms with van der Waals surface area (Å²) in [7, 11) is 0. The van der Waals surface area contributed by atoms with Gasteiger partial charge in [-0.1, -0.05) is 6.07 Å². The molecule has 8 heteroatoms. The number of likely N-dealkylation sites (tertiary alicyclic amines) is 1. The van der Waals surface area contributed by atoms with Crippen molar-refractivity contribution < 1.29 is 19.1 Å². The smallest absolute Gasteiger partial charge is 0.228 e. The molecule has 6 nitrogen and oxygen atoms in total. The van der Waals surface area contributed by atoms with E-state index in [1.165, 1.54) is 0 Å². The lowest BCUT2D eigenvalue weighted by atomic mass is 9.88. The van der Waals surface area contributed by atoms with E-state index in [0.29, 0.717) is 62.6 Å². The van der Waals surface area contributed by atoms with E-state index in [9.17, 15) is 9.59 Å². The normalized spacial score (nSPS) is 16.3. The predicted molar refractivity (Wildman–Crippen MR) is 120 cm³/mol. The highest BCUT2D eigenvalue weighted by atomic mass is 32.1. The summed E-state index contributed by atoms with van der Waals surface area (Å²) in [5.41, 5.74) is 1.46. The molecular weight excluding hydrogens is 432 g/mol. The Bertz CT molecular complexity index is 1080. The van der Waals surface area contributed by atoms with Crippen molar-refractivity contribution in [3.63, 3.8) is 0 Å². The maximum Gasteiger partial charge on any atom is 0.228 e. The Kier molecular flexibility index (Phi) is 5.74. The first-order valence-electron chi connectivity index (χ1n) is 10.4. The molecule has 2 aromatic heterocycles. The van der Waals surface area contributed by atoms with Crippen LogP contribution >= 0.6 is 22.7 Å². The second kappa shape index (κ2) is 8.80. The Hall–Kier alpha value is -2.71. The average Bonchev–Trinajstić information content (AvgIpc) is 3.50. The number of ketones is 1. The molecule has 0 unspecified atom stereocenters. The van der Waals surface area contributed by atoms with Crippen LogP contribution in [0.2, 0.25) is 0 Å². The molecule has 1 amide bonds. The quantitative estimate of drug-likeness (QED) is 0.538. The average molecular weight is 455 g/mol. The molecule has 2 aliphatic heterocycles. The van der Waals surface area contributed by atoms with Crippen LogP contribution in [0.25, 0.3) is 9.88 Å². The topological polar surface area (TPSA) is 68.7 Å². The lowest BCUT2D eigenvalue weighted by molar-refractivity contribution is -0.131. The van der Waals surface area contributed by atoms with Crippen molar-refractivity contribution in [2.24, 2.45) is 5.92 Å². The van der Waals surface area contributed by atoms with Crippen molar-refractivity contribution >= 4 is 34.4 Å². The molecular formula is C23H22N2O4S2. The molecule has 1 fully saturated rings. The molecule has 0 saturated carbocycles. The summed E-state index contributed by atoms with van der Waals surface area (Å²) in [6.45, 7) is 2.23. The number of amides is 1. The molecule has 0 spiro atoms. The van der Waals surface area contributed by atoms with E-state index in [-0.39, 0.29) is 17.6 Å². The minimum absolute atomic E-state index is 0.0729. The second-order valence-electron chi connectivity index (χ2n) is 7.68. The minimum atomic E-state index is -0.0729. The zero-order valence-corrected chi connectivity index (χ0v) is 18.5. The van der Waals surface area contributed by atoms with Crippen molar-refractivity contribution in [2.45, 2.75) is 19.3 Å². The van der Waals surface area contributed by atoms with Gasteiger partial charge in [-0.05, 0) is 42.5 Å². The summed E-state index contributed by atoms with van der Waals surface area (Å²) < 4.78 is 11.1. The first-order chi connectivity index (χ1) is 15.2. The van der Waals surface area contributed by atoms with Gasteiger partial charge < -0.3 is 14.4 Å². The molecule has 5 rings (SSSR count). The molecule has 31 heavy (non-hydrogen) atoms. The Morgan fingerprint density at radius 1 is 1.06 bits per heavy atom. The van der Waals surface area contributed by atoms with Gasteiger partial charge in [-0.15, -0.1) is 22.7 Å². The van der Waals surface area contributed by atoms with Gasteiger partial charge in [0.15, 0.2) is 17.3 Å². The van der Waals surface area contributed by atoms with Crippen LogP contribution in [0.5, 0.6) is 11.5 Å². The van der Waals surface area contributed by atoms with Crippen molar-refractivity contribution in [2.75, 3.05) is 26.3 Å². The molecule has 1 saturated heterocycles. The van der Waals surface area contributed by atoms with E-state index in [4.69, 9.17) is 9.47 Å². The Balaban J connectivity index is 1.16. The fourth-order valence-corrected chi connectivity index (χ4v) is 5.63. The molecule has 1 aromatic carbocycles. The van der Waals surface area contributed by atoms with Crippen molar-refractivity contribution in [1.82, 2.24) is 9.88 Å². The van der Waals surface area contributed by atoms with E-state index in [2.05, 4.69) is 4.98 Å². The largest absolute Gasteiger partial charge is 0.486 e. The van der Waals surface area contributed by atoms with Gasteiger partial charge in [0.25, 0.3) is 0 Å². The second-order valence-corrected chi connectivity index (χ2v) is 9.48. The maximum atomic E-state index is 13.0. The van der Waals surface area contributed by atoms with Gasteiger partial charge in [-0.3, -0.25) is 9.59 Å². The zero-order valence-electron chi connectivity index (χ0n) is 16.9. The van der Waals surface area contributed by atoms with Crippen LogP contribution in [0.4, 0.5) is 0 Å². The maximum absolute atomic E-state index is 13.0. The highest BCUT2D eigenvalue weighted by molar-refractivity contribution is 7.20. The van der Waals surface area contributed by atoms with Crippen LogP contribution < -0.4 is 9.47 Å². The molecule has 0 bridgehead atoms. The Morgan fingerprint density at radius 2 is 1.87 bits per heavy atom. The number of piperidine rings is 1. The lowest BCUT2D eigenvalue weighted by Gasteiger charge is -2.31. The summed E-state index contributed by atoms with van der Waals surface area (Å²) in [6.07, 6.45) is 1.66. The van der Waals surface area contributed by atoms with Gasteiger partial charge in [-0.25, -0.2) is 4.98 Å². The lowest BCUT2D eigenvalue weighted by Crippen LogP contribution is -2.41. The van der Waals surface area contributed by atoms with E-state index >= 15 is 0 Å². The van der Waals surface area contributed by atoms with Crippen LogP contribution in [0.3, 0.4) is 0 Å². The van der Waals surface area contributed by atoms with Gasteiger partial charge in [0.1, 0.15) is 18.2 Å². The number of benzene rings is 1. The number of rotatable bonds is 5. The molecule has 4 heterocycles. The van der Waals surface area contributed by atoms with E-state index < -0.39 is 0 Å². The molecule has 2 aliphatic rings. The highest BCUT2D eigenvalue weighted by Crippen LogP contribution is 2.33. The van der Waals surface area contributed by atoms with Crippen LogP contribution in [-0.4, -0.2) is 47.9 Å². The monoisotopic (exact) mass is 454 g/mol. The highest BCUT2D eigenvalue weighted by Gasteiger charge is 2.29. The van der Waals surface area contributed by atoms with Crippen LogP contribution in [0, 0.1) is 5.92 Å². The van der Waals surface area contributed by atoms with E-state index in [0.717, 1.165) is 15.6 Å². The van der Waals surface area contributed by atoms with Gasteiger partial charge in [0, 0.05) is 30.0 Å². The van der Waals surface area contributed by atoms with Crippen molar-refractivity contribution in [3.8, 4) is 21.4 Å². The number of thiophene rings is 1. The predicted octanol–water partition coefficient (Wildman–Crippen LogP) is 4.31. The van der Waals surface area contributed by atoms with Crippen LogP contribution in [0.1, 0.15) is 28.9 Å². The van der Waals surface area contributed by atoms with Crippen molar-refractivity contribution in [3.05, 3.63) is 52.3 Å². The number of fused-ring (bicyclic) bond motifs is 1. The molecule has 0 radical (unpaired) electrons. The van der Waals surface area contributed by atoms with Crippen LogP contribution in [-0.2, 0) is 11.2 Å². The number of carbonyl (C=O) groups excluding carboxylic acids is 2. The fraction of sp³-hybridized carbons (Fsp3) is 0.348. The number of hydrogen-bond acceptors (Lipinski definition) is 7. The number of aromatic nitrogens is 1. The molecule has 0 aliphatic carbocycles. The zero-order chi connectivity index (χ0) is 21.2. The van der Waals surface area contributed by atoms with E-state index in [1.54, 1.807) is 40.9 Å². The Morgan fingerprint density at radius 3 is 2.65 bits per heavy atom. The van der Waals surface area contributed by atoms with Crippen molar-refractivity contribution in [1.29, 1.82) is 0 Å². The van der Waals surface area contributed by atoms with Gasteiger partial charge in [0.05, 0.1) is 17.0 Å². The molecule has 0 N–H and O–H groups in total. The number of hydrogen-bond donors (Lipinski definition) is 0. The summed E-state index contributed by atoms with van der Waals surface area (Å²) in [5, 5.41) is 4.95. The number of ether oxygens (including phenoxy) is 2. The SMILES string of the molecule is O=C(c1ccc2c(c1)OCCO2)C1CCN(C(=O)Cc2csc(-c3cccs3)n2)CC1. The third-order valence-corrected chi connectivity index (χ3v) is 7.59. The number of nitrogens with zero attached hydrogens (tertiary/aromatic N) is 2. The summed E-state index contributed by atoms with van der Waals surface area (Å²) in [4.78, 5) is 33.3.